The minimum atomic E-state index is -0.896. The van der Waals surface area contributed by atoms with Crippen LogP contribution in [0.1, 0.15) is 11.1 Å². The Hall–Kier alpha value is -5.80. The molecule has 234 valence electrons. The van der Waals surface area contributed by atoms with Gasteiger partial charge in [-0.05, 0) is 113 Å². The topological polar surface area (TPSA) is 40.5 Å². The third-order valence-electron chi connectivity index (χ3n) is 10.5. The van der Waals surface area contributed by atoms with E-state index in [0.717, 1.165) is 44.5 Å². The van der Waals surface area contributed by atoms with Crippen LogP contribution in [0.4, 0.5) is 0 Å². The van der Waals surface area contributed by atoms with Gasteiger partial charge >= 0.3 is 0 Å². The number of aliphatic hydroxyl groups is 2. The van der Waals surface area contributed by atoms with Gasteiger partial charge in [-0.1, -0.05) is 146 Å². The highest BCUT2D eigenvalue weighted by Crippen LogP contribution is 2.51. The Morgan fingerprint density at radius 2 is 0.612 bits per heavy atom. The average molecular weight is 631 g/mol. The van der Waals surface area contributed by atoms with Crippen LogP contribution < -0.4 is 0 Å². The Labute approximate surface area is 286 Å². The largest absolute Gasteiger partial charge is 0.395 e. The zero-order valence-electron chi connectivity index (χ0n) is 27.0. The molecule has 2 heteroatoms. The van der Waals surface area contributed by atoms with Gasteiger partial charge in [0.15, 0.2) is 0 Å². The Kier molecular flexibility index (Phi) is 7.02. The van der Waals surface area contributed by atoms with Crippen molar-refractivity contribution in [1.29, 1.82) is 0 Å². The van der Waals surface area contributed by atoms with Crippen LogP contribution in [0.2, 0.25) is 0 Å². The molecule has 8 aromatic rings. The second kappa shape index (κ2) is 11.7. The molecule has 0 saturated carbocycles. The molecule has 0 heterocycles. The summed E-state index contributed by atoms with van der Waals surface area (Å²) in [6.07, 6.45) is 0. The molecule has 0 aromatic heterocycles. The van der Waals surface area contributed by atoms with Gasteiger partial charge in [0.05, 0.1) is 18.6 Å². The fraction of sp³-hybridized carbons (Fsp3) is 0.0638. The molecule has 0 unspecified atom stereocenters. The third kappa shape index (κ3) is 4.88. The van der Waals surface area contributed by atoms with E-state index in [1.54, 1.807) is 0 Å². The molecular formula is C47H34O2. The quantitative estimate of drug-likeness (QED) is 0.192. The average Bonchev–Trinajstić information content (AvgIpc) is 3.46. The molecule has 0 saturated heterocycles. The summed E-state index contributed by atoms with van der Waals surface area (Å²) in [5.74, 6) is 0. The van der Waals surface area contributed by atoms with Crippen molar-refractivity contribution in [3.63, 3.8) is 0 Å². The van der Waals surface area contributed by atoms with Gasteiger partial charge in [-0.3, -0.25) is 0 Å². The van der Waals surface area contributed by atoms with Gasteiger partial charge in [0.1, 0.15) is 0 Å². The van der Waals surface area contributed by atoms with Gasteiger partial charge in [-0.2, -0.15) is 0 Å². The van der Waals surface area contributed by atoms with Crippen molar-refractivity contribution >= 4 is 21.5 Å². The van der Waals surface area contributed by atoms with E-state index in [1.165, 1.54) is 43.8 Å². The van der Waals surface area contributed by atoms with Crippen LogP contribution >= 0.6 is 0 Å². The summed E-state index contributed by atoms with van der Waals surface area (Å²) < 4.78 is 0. The Bertz CT molecular complexity index is 2330. The van der Waals surface area contributed by atoms with Crippen molar-refractivity contribution in [3.05, 3.63) is 181 Å². The Morgan fingerprint density at radius 1 is 0.306 bits per heavy atom. The van der Waals surface area contributed by atoms with E-state index in [2.05, 4.69) is 170 Å². The van der Waals surface area contributed by atoms with Crippen molar-refractivity contribution < 1.29 is 10.2 Å². The highest BCUT2D eigenvalue weighted by atomic mass is 16.3. The first-order chi connectivity index (χ1) is 24.1. The van der Waals surface area contributed by atoms with Crippen LogP contribution in [-0.2, 0) is 5.41 Å². The molecule has 9 rings (SSSR count). The highest BCUT2D eigenvalue weighted by molar-refractivity contribution is 5.90. The predicted octanol–water partition coefficient (Wildman–Crippen LogP) is 10.9. The summed E-state index contributed by atoms with van der Waals surface area (Å²) in [7, 11) is 0. The van der Waals surface area contributed by atoms with Crippen molar-refractivity contribution in [1.82, 2.24) is 0 Å². The predicted molar refractivity (Wildman–Crippen MR) is 204 cm³/mol. The van der Waals surface area contributed by atoms with Crippen molar-refractivity contribution in [2.24, 2.45) is 0 Å². The number of benzene rings is 8. The molecule has 49 heavy (non-hydrogen) atoms. The highest BCUT2D eigenvalue weighted by Gasteiger charge is 2.43. The molecule has 0 spiro atoms. The maximum atomic E-state index is 10.9. The molecule has 0 atom stereocenters. The first-order valence-corrected chi connectivity index (χ1v) is 16.8. The van der Waals surface area contributed by atoms with E-state index in [0.29, 0.717) is 0 Å². The normalized spacial score (nSPS) is 13.0. The van der Waals surface area contributed by atoms with Crippen LogP contribution in [0.25, 0.3) is 77.2 Å². The van der Waals surface area contributed by atoms with E-state index >= 15 is 0 Å². The second-order valence-corrected chi connectivity index (χ2v) is 13.2. The molecule has 2 nitrogen and oxygen atoms in total. The smallest absolute Gasteiger partial charge is 0.0676 e. The van der Waals surface area contributed by atoms with Crippen LogP contribution in [0.5, 0.6) is 0 Å². The Balaban J connectivity index is 1.03. The molecule has 8 aromatic carbocycles. The zero-order chi connectivity index (χ0) is 33.0. The molecule has 0 bridgehead atoms. The summed E-state index contributed by atoms with van der Waals surface area (Å²) >= 11 is 0. The van der Waals surface area contributed by atoms with E-state index in [9.17, 15) is 10.2 Å². The fourth-order valence-corrected chi connectivity index (χ4v) is 7.69. The monoisotopic (exact) mass is 630 g/mol. The molecule has 2 N–H and O–H groups in total. The number of rotatable bonds is 6. The first kappa shape index (κ1) is 29.3. The first-order valence-electron chi connectivity index (χ1n) is 16.8. The zero-order valence-corrected chi connectivity index (χ0v) is 27.0. The standard InChI is InChI=1S/C47H34O2/c48-29-47(30-49)45-27-41(35-13-9-33(10-14-35)39-19-17-31-5-1-3-7-37(31)25-39)21-23-43(45)44-24-22-42(28-46(44)47)36-15-11-34(12-16-36)40-20-18-32-6-2-4-8-38(32)26-40/h1-28,48-49H,29-30H2. The van der Waals surface area contributed by atoms with E-state index < -0.39 is 5.41 Å². The minimum absolute atomic E-state index is 0.182. The number of hydrogen-bond acceptors (Lipinski definition) is 2. The lowest BCUT2D eigenvalue weighted by Gasteiger charge is -2.28. The van der Waals surface area contributed by atoms with Gasteiger partial charge in [0, 0.05) is 0 Å². The van der Waals surface area contributed by atoms with Gasteiger partial charge in [-0.25, -0.2) is 0 Å². The number of hydrogen-bond donors (Lipinski definition) is 2. The summed E-state index contributed by atoms with van der Waals surface area (Å²) in [6, 6.07) is 60.3. The molecule has 0 aliphatic heterocycles. The van der Waals surface area contributed by atoms with Gasteiger partial charge in [0.25, 0.3) is 0 Å². The lowest BCUT2D eigenvalue weighted by molar-refractivity contribution is 0.146. The molecule has 1 aliphatic carbocycles. The summed E-state index contributed by atoms with van der Waals surface area (Å²) in [5, 5.41) is 26.8. The van der Waals surface area contributed by atoms with E-state index in [1.807, 2.05) is 0 Å². The minimum Gasteiger partial charge on any atom is -0.395 e. The van der Waals surface area contributed by atoms with Gasteiger partial charge < -0.3 is 10.2 Å². The number of aliphatic hydroxyl groups excluding tert-OH is 2. The molecule has 0 radical (unpaired) electrons. The molecule has 0 amide bonds. The van der Waals surface area contributed by atoms with Crippen molar-refractivity contribution in [3.8, 4) is 55.6 Å². The molecule has 0 fully saturated rings. The van der Waals surface area contributed by atoms with Crippen LogP contribution in [0.15, 0.2) is 170 Å². The molecule has 1 aliphatic rings. The maximum Gasteiger partial charge on any atom is 0.0676 e. The Morgan fingerprint density at radius 3 is 0.980 bits per heavy atom. The van der Waals surface area contributed by atoms with Crippen molar-refractivity contribution in [2.45, 2.75) is 5.41 Å². The molecular weight excluding hydrogens is 597 g/mol. The van der Waals surface area contributed by atoms with Crippen LogP contribution in [-0.4, -0.2) is 23.4 Å². The maximum absolute atomic E-state index is 10.9. The van der Waals surface area contributed by atoms with Crippen molar-refractivity contribution in [2.75, 3.05) is 13.2 Å². The third-order valence-corrected chi connectivity index (χ3v) is 10.5. The lowest BCUT2D eigenvalue weighted by atomic mass is 9.78. The summed E-state index contributed by atoms with van der Waals surface area (Å²) in [4.78, 5) is 0. The summed E-state index contributed by atoms with van der Waals surface area (Å²) in [6.45, 7) is -0.365. The number of fused-ring (bicyclic) bond motifs is 5. The van der Waals surface area contributed by atoms with E-state index in [-0.39, 0.29) is 13.2 Å². The summed E-state index contributed by atoms with van der Waals surface area (Å²) in [5.41, 5.74) is 12.2. The van der Waals surface area contributed by atoms with Crippen LogP contribution in [0.3, 0.4) is 0 Å². The van der Waals surface area contributed by atoms with Crippen LogP contribution in [0, 0.1) is 0 Å². The van der Waals surface area contributed by atoms with Gasteiger partial charge in [-0.15, -0.1) is 0 Å². The fourth-order valence-electron chi connectivity index (χ4n) is 7.69. The second-order valence-electron chi connectivity index (χ2n) is 13.2. The lowest BCUT2D eigenvalue weighted by Crippen LogP contribution is -2.34. The van der Waals surface area contributed by atoms with Gasteiger partial charge in [0.2, 0.25) is 0 Å². The van der Waals surface area contributed by atoms with E-state index in [4.69, 9.17) is 0 Å². The SMILES string of the molecule is OCC1(CO)c2cc(-c3ccc(-c4ccc5ccccc5c4)cc3)ccc2-c2ccc(-c3ccc(-c4ccc5ccccc5c4)cc3)cc21.